The fraction of sp³-hybridized carbons (Fsp3) is 0.467. The van der Waals surface area contributed by atoms with Crippen molar-refractivity contribution in [3.63, 3.8) is 0 Å². The van der Waals surface area contributed by atoms with Crippen LogP contribution in [0.25, 0.3) is 22.4 Å². The van der Waals surface area contributed by atoms with Gasteiger partial charge in [0.1, 0.15) is 17.6 Å². The number of benzene rings is 1. The first-order chi connectivity index (χ1) is 11.3. The van der Waals surface area contributed by atoms with Crippen LogP contribution in [-0.4, -0.2) is 42.2 Å². The van der Waals surface area contributed by atoms with E-state index in [1.54, 1.807) is 7.11 Å². The van der Waals surface area contributed by atoms with E-state index in [0.29, 0.717) is 29.5 Å². The monoisotopic (exact) mass is 314 g/mol. The molecule has 0 aliphatic heterocycles. The van der Waals surface area contributed by atoms with Gasteiger partial charge < -0.3 is 9.94 Å². The first-order valence-electron chi connectivity index (χ1n) is 7.75. The predicted octanol–water partition coefficient (Wildman–Crippen LogP) is 2.19. The maximum atomic E-state index is 9.73. The van der Waals surface area contributed by atoms with E-state index in [0.717, 1.165) is 29.1 Å². The standard InChI is InChI=1S/C15H18N6O2/c1-23-9-14-16-15(20(18-14)11-4-2-3-5-11)10-6-7-12-13(8-10)21(22)19-17-12/h6-8,11,22H,2-5,9H2,1H3. The van der Waals surface area contributed by atoms with Crippen LogP contribution in [0.15, 0.2) is 18.2 Å². The molecule has 4 rings (SSSR count). The van der Waals surface area contributed by atoms with Crippen LogP contribution in [0.4, 0.5) is 0 Å². The molecule has 8 heteroatoms. The largest absolute Gasteiger partial charge is 0.410 e. The molecule has 0 amide bonds. The van der Waals surface area contributed by atoms with Gasteiger partial charge in [0.2, 0.25) is 0 Å². The van der Waals surface area contributed by atoms with Crippen LogP contribution in [0, 0.1) is 0 Å². The summed E-state index contributed by atoms with van der Waals surface area (Å²) in [5.41, 5.74) is 2.08. The van der Waals surface area contributed by atoms with E-state index in [-0.39, 0.29) is 0 Å². The van der Waals surface area contributed by atoms with E-state index in [9.17, 15) is 5.21 Å². The first-order valence-corrected chi connectivity index (χ1v) is 7.75. The van der Waals surface area contributed by atoms with Crippen molar-refractivity contribution in [1.29, 1.82) is 0 Å². The number of fused-ring (bicyclic) bond motifs is 1. The lowest BCUT2D eigenvalue weighted by Crippen LogP contribution is -2.09. The molecule has 0 unspecified atom stereocenters. The Morgan fingerprint density at radius 3 is 2.91 bits per heavy atom. The van der Waals surface area contributed by atoms with Crippen LogP contribution in [0.2, 0.25) is 0 Å². The second-order valence-corrected chi connectivity index (χ2v) is 5.85. The Bertz CT molecular complexity index is 834. The minimum atomic E-state index is 0.371. The molecule has 3 aromatic rings. The molecule has 0 spiro atoms. The van der Waals surface area contributed by atoms with E-state index in [1.165, 1.54) is 12.8 Å². The predicted molar refractivity (Wildman–Crippen MR) is 81.9 cm³/mol. The summed E-state index contributed by atoms with van der Waals surface area (Å²) < 4.78 is 7.18. The molecule has 2 aromatic heterocycles. The summed E-state index contributed by atoms with van der Waals surface area (Å²) in [7, 11) is 1.64. The van der Waals surface area contributed by atoms with Crippen molar-refractivity contribution in [2.24, 2.45) is 0 Å². The molecule has 1 saturated carbocycles. The Morgan fingerprint density at radius 1 is 1.30 bits per heavy atom. The molecule has 0 saturated heterocycles. The number of aromatic nitrogens is 6. The van der Waals surface area contributed by atoms with Gasteiger partial charge in [0.05, 0.1) is 6.04 Å². The number of methoxy groups -OCH3 is 1. The molecule has 0 radical (unpaired) electrons. The normalized spacial score (nSPS) is 15.7. The lowest BCUT2D eigenvalue weighted by molar-refractivity contribution is 0.155. The quantitative estimate of drug-likeness (QED) is 0.742. The summed E-state index contributed by atoms with van der Waals surface area (Å²) >= 11 is 0. The van der Waals surface area contributed by atoms with Gasteiger partial charge in [-0.1, -0.05) is 17.7 Å². The van der Waals surface area contributed by atoms with Crippen LogP contribution in [0.5, 0.6) is 0 Å². The van der Waals surface area contributed by atoms with E-state index in [4.69, 9.17) is 4.74 Å². The van der Waals surface area contributed by atoms with E-state index in [2.05, 4.69) is 20.4 Å². The third-order valence-corrected chi connectivity index (χ3v) is 4.31. The molecule has 23 heavy (non-hydrogen) atoms. The zero-order valence-corrected chi connectivity index (χ0v) is 12.9. The molecular formula is C15H18N6O2. The molecule has 1 aromatic carbocycles. The molecule has 2 heterocycles. The summed E-state index contributed by atoms with van der Waals surface area (Å²) in [6.45, 7) is 0.383. The van der Waals surface area contributed by atoms with Crippen molar-refractivity contribution in [3.05, 3.63) is 24.0 Å². The zero-order chi connectivity index (χ0) is 15.8. The molecular weight excluding hydrogens is 296 g/mol. The molecule has 1 fully saturated rings. The minimum Gasteiger partial charge on any atom is -0.410 e. The average molecular weight is 314 g/mol. The maximum Gasteiger partial charge on any atom is 0.176 e. The second-order valence-electron chi connectivity index (χ2n) is 5.85. The van der Waals surface area contributed by atoms with E-state index >= 15 is 0 Å². The first kappa shape index (κ1) is 14.1. The summed E-state index contributed by atoms with van der Waals surface area (Å²) in [6.07, 6.45) is 4.67. The van der Waals surface area contributed by atoms with Crippen LogP contribution in [0.1, 0.15) is 37.5 Å². The summed E-state index contributed by atoms with van der Waals surface area (Å²) in [5, 5.41) is 21.9. The van der Waals surface area contributed by atoms with Gasteiger partial charge in [-0.2, -0.15) is 5.10 Å². The van der Waals surface area contributed by atoms with Crippen molar-refractivity contribution in [2.45, 2.75) is 38.3 Å². The Hall–Kier alpha value is -2.48. The van der Waals surface area contributed by atoms with Crippen molar-refractivity contribution in [2.75, 3.05) is 7.11 Å². The molecule has 1 aliphatic rings. The van der Waals surface area contributed by atoms with Gasteiger partial charge in [0.25, 0.3) is 0 Å². The minimum absolute atomic E-state index is 0.371. The number of nitrogens with zero attached hydrogens (tertiary/aromatic N) is 6. The highest BCUT2D eigenvalue weighted by Crippen LogP contribution is 2.33. The van der Waals surface area contributed by atoms with Crippen molar-refractivity contribution >= 4 is 11.0 Å². The molecule has 0 atom stereocenters. The molecule has 8 nitrogen and oxygen atoms in total. The molecule has 0 bridgehead atoms. The van der Waals surface area contributed by atoms with Crippen LogP contribution >= 0.6 is 0 Å². The van der Waals surface area contributed by atoms with Crippen molar-refractivity contribution < 1.29 is 9.94 Å². The highest BCUT2D eigenvalue weighted by atomic mass is 16.5. The van der Waals surface area contributed by atoms with Gasteiger partial charge in [-0.05, 0) is 36.3 Å². The van der Waals surface area contributed by atoms with Gasteiger partial charge in [-0.25, -0.2) is 9.67 Å². The van der Waals surface area contributed by atoms with Crippen molar-refractivity contribution in [3.8, 4) is 11.4 Å². The molecule has 1 N–H and O–H groups in total. The Kier molecular flexibility index (Phi) is 3.45. The third-order valence-electron chi connectivity index (χ3n) is 4.31. The zero-order valence-electron chi connectivity index (χ0n) is 12.9. The van der Waals surface area contributed by atoms with Gasteiger partial charge in [0.15, 0.2) is 11.6 Å². The van der Waals surface area contributed by atoms with Gasteiger partial charge in [-0.3, -0.25) is 0 Å². The highest BCUT2D eigenvalue weighted by molar-refractivity contribution is 5.79. The fourth-order valence-electron chi connectivity index (χ4n) is 3.20. The summed E-state index contributed by atoms with van der Waals surface area (Å²) in [5.74, 6) is 1.47. The number of rotatable bonds is 4. The van der Waals surface area contributed by atoms with Crippen molar-refractivity contribution in [1.82, 2.24) is 29.9 Å². The van der Waals surface area contributed by atoms with Crippen LogP contribution in [-0.2, 0) is 11.3 Å². The SMILES string of the molecule is COCc1nc(-c2ccc3nnn(O)c3c2)n(C2CCCC2)n1. The number of ether oxygens (including phenoxy) is 1. The lowest BCUT2D eigenvalue weighted by Gasteiger charge is -2.12. The molecule has 1 aliphatic carbocycles. The fourth-order valence-corrected chi connectivity index (χ4v) is 3.20. The Balaban J connectivity index is 1.82. The van der Waals surface area contributed by atoms with E-state index in [1.807, 2.05) is 22.9 Å². The topological polar surface area (TPSA) is 90.9 Å². The Morgan fingerprint density at radius 2 is 2.13 bits per heavy atom. The van der Waals surface area contributed by atoms with E-state index < -0.39 is 0 Å². The Labute approximate surface area is 132 Å². The van der Waals surface area contributed by atoms with Gasteiger partial charge in [-0.15, -0.1) is 5.10 Å². The summed E-state index contributed by atoms with van der Waals surface area (Å²) in [6, 6.07) is 5.97. The van der Waals surface area contributed by atoms with Crippen LogP contribution < -0.4 is 0 Å². The van der Waals surface area contributed by atoms with Crippen LogP contribution in [0.3, 0.4) is 0 Å². The maximum absolute atomic E-state index is 9.73. The average Bonchev–Trinajstić information content (AvgIpc) is 3.27. The number of hydrogen-bond donors (Lipinski definition) is 1. The van der Waals surface area contributed by atoms with Gasteiger partial charge in [0, 0.05) is 12.7 Å². The second kappa shape index (κ2) is 5.62. The smallest absolute Gasteiger partial charge is 0.176 e. The summed E-state index contributed by atoms with van der Waals surface area (Å²) in [4.78, 5) is 5.41. The third kappa shape index (κ3) is 2.44. The molecule has 120 valence electrons. The van der Waals surface area contributed by atoms with Gasteiger partial charge >= 0.3 is 0 Å². The highest BCUT2D eigenvalue weighted by Gasteiger charge is 2.23. The number of hydrogen-bond acceptors (Lipinski definition) is 6. The lowest BCUT2D eigenvalue weighted by atomic mass is 10.1.